The fraction of sp³-hybridized carbons (Fsp3) is 0.500. The Bertz CT molecular complexity index is 430. The van der Waals surface area contributed by atoms with E-state index in [4.69, 9.17) is 11.6 Å². The van der Waals surface area contributed by atoms with Crippen molar-refractivity contribution < 1.29 is 0 Å². The lowest BCUT2D eigenvalue weighted by atomic mass is 9.94. The van der Waals surface area contributed by atoms with Crippen molar-refractivity contribution in [1.82, 2.24) is 10.2 Å². The Morgan fingerprint density at radius 3 is 2.68 bits per heavy atom. The number of halogens is 1. The molecule has 3 heteroatoms. The molecule has 1 aliphatic rings. The Morgan fingerprint density at radius 2 is 2.11 bits per heavy atom. The molecular formula is C16H23ClN2. The first-order valence-electron chi connectivity index (χ1n) is 6.93. The Labute approximate surface area is 121 Å². The number of aryl methyl sites for hydroxylation is 1. The van der Waals surface area contributed by atoms with E-state index in [1.807, 2.05) is 12.1 Å². The van der Waals surface area contributed by atoms with Crippen molar-refractivity contribution in [2.24, 2.45) is 0 Å². The summed E-state index contributed by atoms with van der Waals surface area (Å²) in [6, 6.07) is 6.52. The molecule has 0 aromatic heterocycles. The maximum atomic E-state index is 6.45. The number of piperazine rings is 1. The summed E-state index contributed by atoms with van der Waals surface area (Å²) >= 11 is 6.45. The van der Waals surface area contributed by atoms with Gasteiger partial charge in [-0.1, -0.05) is 29.3 Å². The lowest BCUT2D eigenvalue weighted by Gasteiger charge is -2.36. The Morgan fingerprint density at radius 1 is 1.42 bits per heavy atom. The molecule has 1 aromatic carbocycles. The first-order valence-corrected chi connectivity index (χ1v) is 7.31. The summed E-state index contributed by atoms with van der Waals surface area (Å²) in [5.74, 6) is 0. The quantitative estimate of drug-likeness (QED) is 0.847. The van der Waals surface area contributed by atoms with Gasteiger partial charge in [-0.2, -0.15) is 0 Å². The summed E-state index contributed by atoms with van der Waals surface area (Å²) in [6.07, 6.45) is 0.977. The van der Waals surface area contributed by atoms with Gasteiger partial charge in [0.25, 0.3) is 0 Å². The van der Waals surface area contributed by atoms with Crippen molar-refractivity contribution >= 4 is 11.6 Å². The van der Waals surface area contributed by atoms with Crippen LogP contribution in [0.25, 0.3) is 0 Å². The molecule has 1 saturated heterocycles. The van der Waals surface area contributed by atoms with Crippen LogP contribution in [0.3, 0.4) is 0 Å². The molecule has 1 heterocycles. The molecule has 2 nitrogen and oxygen atoms in total. The normalized spacial score (nSPS) is 18.3. The number of hydrogen-bond acceptors (Lipinski definition) is 2. The van der Waals surface area contributed by atoms with Crippen LogP contribution in [0.15, 0.2) is 30.4 Å². The van der Waals surface area contributed by atoms with Crippen LogP contribution in [0, 0.1) is 6.92 Å². The van der Waals surface area contributed by atoms with Gasteiger partial charge in [-0.3, -0.25) is 4.90 Å². The summed E-state index contributed by atoms with van der Waals surface area (Å²) in [6.45, 7) is 12.6. The molecular weight excluding hydrogens is 256 g/mol. The van der Waals surface area contributed by atoms with E-state index in [0.717, 1.165) is 37.6 Å². The highest BCUT2D eigenvalue weighted by Crippen LogP contribution is 2.34. The molecule has 1 fully saturated rings. The highest BCUT2D eigenvalue weighted by atomic mass is 35.5. The summed E-state index contributed by atoms with van der Waals surface area (Å²) in [4.78, 5) is 2.53. The molecule has 0 amide bonds. The zero-order valence-electron chi connectivity index (χ0n) is 11.9. The second-order valence-corrected chi connectivity index (χ2v) is 5.84. The van der Waals surface area contributed by atoms with Crippen LogP contribution in [0.4, 0.5) is 0 Å². The lowest BCUT2D eigenvalue weighted by Crippen LogP contribution is -2.45. The molecule has 0 unspecified atom stereocenters. The van der Waals surface area contributed by atoms with Crippen molar-refractivity contribution in [3.8, 4) is 0 Å². The SMILES string of the molecule is C=C(C)C[C@H](c1c(C)cccc1Cl)N1CCNCC1. The third-order valence-corrected chi connectivity index (χ3v) is 4.07. The minimum absolute atomic E-state index is 0.355. The van der Waals surface area contributed by atoms with Gasteiger partial charge in [0, 0.05) is 37.2 Å². The number of rotatable bonds is 4. The van der Waals surface area contributed by atoms with Gasteiger partial charge in [0.15, 0.2) is 0 Å². The van der Waals surface area contributed by atoms with Gasteiger partial charge in [-0.05, 0) is 37.5 Å². The van der Waals surface area contributed by atoms with Crippen LogP contribution >= 0.6 is 11.6 Å². The topological polar surface area (TPSA) is 15.3 Å². The maximum Gasteiger partial charge on any atom is 0.0456 e. The first-order chi connectivity index (χ1) is 9.09. The predicted molar refractivity (Wildman–Crippen MR) is 82.8 cm³/mol. The van der Waals surface area contributed by atoms with Crippen LogP contribution in [-0.2, 0) is 0 Å². The molecule has 1 aliphatic heterocycles. The first kappa shape index (κ1) is 14.6. The average molecular weight is 279 g/mol. The number of benzene rings is 1. The van der Waals surface area contributed by atoms with Crippen molar-refractivity contribution in [2.45, 2.75) is 26.3 Å². The predicted octanol–water partition coefficient (Wildman–Crippen LogP) is 3.56. The monoisotopic (exact) mass is 278 g/mol. The molecule has 0 spiro atoms. The standard InChI is InChI=1S/C16H23ClN2/c1-12(2)11-15(19-9-7-18-8-10-19)16-13(3)5-4-6-14(16)17/h4-6,15,18H,1,7-11H2,2-3H3/t15-/m1/s1. The molecule has 0 radical (unpaired) electrons. The van der Waals surface area contributed by atoms with Crippen LogP contribution in [-0.4, -0.2) is 31.1 Å². The summed E-state index contributed by atoms with van der Waals surface area (Å²) in [7, 11) is 0. The van der Waals surface area contributed by atoms with Crippen LogP contribution in [0.1, 0.15) is 30.5 Å². The van der Waals surface area contributed by atoms with Gasteiger partial charge < -0.3 is 5.32 Å². The molecule has 0 aliphatic carbocycles. The molecule has 1 aromatic rings. The van der Waals surface area contributed by atoms with Gasteiger partial charge in [-0.15, -0.1) is 6.58 Å². The number of hydrogen-bond donors (Lipinski definition) is 1. The third-order valence-electron chi connectivity index (χ3n) is 3.74. The zero-order chi connectivity index (χ0) is 13.8. The largest absolute Gasteiger partial charge is 0.314 e. The van der Waals surface area contributed by atoms with Crippen LogP contribution in [0.2, 0.25) is 5.02 Å². The average Bonchev–Trinajstić information content (AvgIpc) is 2.38. The van der Waals surface area contributed by atoms with Crippen molar-refractivity contribution in [2.75, 3.05) is 26.2 Å². The molecule has 1 N–H and O–H groups in total. The lowest BCUT2D eigenvalue weighted by molar-refractivity contribution is 0.172. The molecule has 0 saturated carbocycles. The maximum absolute atomic E-state index is 6.45. The summed E-state index contributed by atoms with van der Waals surface area (Å²) in [5.41, 5.74) is 3.76. The van der Waals surface area contributed by atoms with Crippen molar-refractivity contribution in [3.05, 3.63) is 46.5 Å². The van der Waals surface area contributed by atoms with Gasteiger partial charge in [-0.25, -0.2) is 0 Å². The number of nitrogens with one attached hydrogen (secondary N) is 1. The Kier molecular flexibility index (Phi) is 5.03. The van der Waals surface area contributed by atoms with E-state index in [2.05, 4.69) is 36.7 Å². The Hall–Kier alpha value is -0.830. The second-order valence-electron chi connectivity index (χ2n) is 5.43. The van der Waals surface area contributed by atoms with Crippen molar-refractivity contribution in [1.29, 1.82) is 0 Å². The van der Waals surface area contributed by atoms with E-state index < -0.39 is 0 Å². The summed E-state index contributed by atoms with van der Waals surface area (Å²) in [5, 5.41) is 4.29. The molecule has 19 heavy (non-hydrogen) atoms. The molecule has 1 atom stereocenters. The molecule has 104 valence electrons. The zero-order valence-corrected chi connectivity index (χ0v) is 12.6. The minimum Gasteiger partial charge on any atom is -0.314 e. The minimum atomic E-state index is 0.355. The fourth-order valence-corrected chi connectivity index (χ4v) is 3.15. The smallest absolute Gasteiger partial charge is 0.0456 e. The van der Waals surface area contributed by atoms with E-state index in [1.54, 1.807) is 0 Å². The second kappa shape index (κ2) is 6.56. The highest BCUT2D eigenvalue weighted by Gasteiger charge is 2.25. The van der Waals surface area contributed by atoms with E-state index in [0.29, 0.717) is 6.04 Å². The molecule has 0 bridgehead atoms. The van der Waals surface area contributed by atoms with Gasteiger partial charge in [0.2, 0.25) is 0 Å². The Balaban J connectivity index is 2.33. The van der Waals surface area contributed by atoms with E-state index >= 15 is 0 Å². The molecule has 2 rings (SSSR count). The van der Waals surface area contributed by atoms with Gasteiger partial charge in [0.1, 0.15) is 0 Å². The number of nitrogens with zero attached hydrogens (tertiary/aromatic N) is 1. The van der Waals surface area contributed by atoms with E-state index in [-0.39, 0.29) is 0 Å². The van der Waals surface area contributed by atoms with Crippen LogP contribution in [0.5, 0.6) is 0 Å². The fourth-order valence-electron chi connectivity index (χ4n) is 2.80. The van der Waals surface area contributed by atoms with Crippen molar-refractivity contribution in [3.63, 3.8) is 0 Å². The highest BCUT2D eigenvalue weighted by molar-refractivity contribution is 6.31. The van der Waals surface area contributed by atoms with Gasteiger partial charge >= 0.3 is 0 Å². The van der Waals surface area contributed by atoms with Gasteiger partial charge in [0.05, 0.1) is 0 Å². The summed E-state index contributed by atoms with van der Waals surface area (Å²) < 4.78 is 0. The van der Waals surface area contributed by atoms with E-state index in [1.165, 1.54) is 16.7 Å². The third kappa shape index (κ3) is 3.59. The van der Waals surface area contributed by atoms with Crippen LogP contribution < -0.4 is 5.32 Å². The van der Waals surface area contributed by atoms with E-state index in [9.17, 15) is 0 Å².